The summed E-state index contributed by atoms with van der Waals surface area (Å²) in [6.07, 6.45) is 8.69. The zero-order valence-corrected chi connectivity index (χ0v) is 11.2. The van der Waals surface area contributed by atoms with Crippen LogP contribution in [0.5, 0.6) is 0 Å². The highest BCUT2D eigenvalue weighted by Gasteiger charge is 2.06. The van der Waals surface area contributed by atoms with Gasteiger partial charge in [0.1, 0.15) is 0 Å². The van der Waals surface area contributed by atoms with Crippen LogP contribution in [0.25, 0.3) is 6.08 Å². The smallest absolute Gasteiger partial charge is 0.331 e. The fraction of sp³-hybridized carbons (Fsp3) is 0.118. The van der Waals surface area contributed by atoms with E-state index in [0.717, 1.165) is 11.1 Å². The number of carbonyl (C=O) groups is 1. The van der Waals surface area contributed by atoms with Gasteiger partial charge in [0, 0.05) is 18.6 Å². The lowest BCUT2D eigenvalue weighted by Gasteiger charge is -2.02. The quantitative estimate of drug-likeness (QED) is 0.591. The Morgan fingerprint density at radius 3 is 2.50 bits per heavy atom. The van der Waals surface area contributed by atoms with Crippen LogP contribution < -0.4 is 0 Å². The van der Waals surface area contributed by atoms with Crippen molar-refractivity contribution >= 4 is 12.0 Å². The second-order valence-corrected chi connectivity index (χ2v) is 4.10. The molecule has 20 heavy (non-hydrogen) atoms. The van der Waals surface area contributed by atoms with Crippen LogP contribution in [0.15, 0.2) is 72.4 Å². The topological polar surface area (TPSA) is 57.5 Å². The van der Waals surface area contributed by atoms with Crippen molar-refractivity contribution in [2.75, 3.05) is 6.61 Å². The zero-order valence-electron chi connectivity index (χ0n) is 11.2. The molecular weight excluding hydrogens is 252 g/mol. The molecule has 0 saturated heterocycles. The number of hydrogen-bond donors (Lipinski definition) is 2. The molecule has 3 heteroatoms. The van der Waals surface area contributed by atoms with E-state index >= 15 is 0 Å². The van der Waals surface area contributed by atoms with Gasteiger partial charge in [0.25, 0.3) is 0 Å². The van der Waals surface area contributed by atoms with Crippen LogP contribution in [0.1, 0.15) is 12.0 Å². The predicted octanol–water partition coefficient (Wildman–Crippen LogP) is 3.21. The Bertz CT molecular complexity index is 537. The first-order valence-electron chi connectivity index (χ1n) is 6.28. The predicted molar refractivity (Wildman–Crippen MR) is 81.2 cm³/mol. The molecule has 0 heterocycles. The minimum Gasteiger partial charge on any atom is -0.478 e. The molecule has 0 spiro atoms. The number of aliphatic carboxylic acids is 1. The number of aliphatic hydroxyl groups is 1. The van der Waals surface area contributed by atoms with E-state index in [1.54, 1.807) is 24.3 Å². The van der Waals surface area contributed by atoms with Crippen LogP contribution in [0.3, 0.4) is 0 Å². The van der Waals surface area contributed by atoms with Gasteiger partial charge >= 0.3 is 5.97 Å². The van der Waals surface area contributed by atoms with Crippen molar-refractivity contribution in [1.29, 1.82) is 0 Å². The van der Waals surface area contributed by atoms with Crippen LogP contribution in [-0.2, 0) is 4.79 Å². The van der Waals surface area contributed by atoms with Gasteiger partial charge in [-0.1, -0.05) is 55.1 Å². The Morgan fingerprint density at radius 1 is 1.25 bits per heavy atom. The minimum absolute atomic E-state index is 0.114. The van der Waals surface area contributed by atoms with Gasteiger partial charge in [-0.25, -0.2) is 4.79 Å². The van der Waals surface area contributed by atoms with Gasteiger partial charge < -0.3 is 10.2 Å². The Kier molecular flexibility index (Phi) is 6.79. The Balaban J connectivity index is 3.15. The van der Waals surface area contributed by atoms with E-state index in [0.29, 0.717) is 0 Å². The molecule has 1 aromatic carbocycles. The number of carboxylic acid groups (broad SMARTS) is 1. The average Bonchev–Trinajstić information content (AvgIpc) is 2.45. The highest BCUT2D eigenvalue weighted by atomic mass is 16.4. The van der Waals surface area contributed by atoms with Gasteiger partial charge in [0.2, 0.25) is 0 Å². The van der Waals surface area contributed by atoms with Crippen molar-refractivity contribution < 1.29 is 15.0 Å². The maximum absolute atomic E-state index is 11.1. The summed E-state index contributed by atoms with van der Waals surface area (Å²) in [4.78, 5) is 11.1. The van der Waals surface area contributed by atoms with Crippen molar-refractivity contribution in [2.24, 2.45) is 0 Å². The summed E-state index contributed by atoms with van der Waals surface area (Å²) < 4.78 is 0. The Hall–Kier alpha value is -2.39. The lowest BCUT2D eigenvalue weighted by Crippen LogP contribution is -2.03. The SMILES string of the molecule is C=CC=CC(=Cc1ccccc1)C=C(CCO)C(=O)O. The standard InChI is InChI=1S/C17H18O3/c1-2-3-7-15(12-14-8-5-4-6-9-14)13-16(10-11-18)17(19)20/h2-9,12-13,18H,1,10-11H2,(H,19,20). The molecule has 0 aliphatic heterocycles. The molecule has 1 aromatic rings. The van der Waals surface area contributed by atoms with E-state index < -0.39 is 5.97 Å². The van der Waals surface area contributed by atoms with Crippen molar-refractivity contribution in [2.45, 2.75) is 6.42 Å². The number of hydrogen-bond acceptors (Lipinski definition) is 2. The summed E-state index contributed by atoms with van der Waals surface area (Å²) in [5.74, 6) is -1.02. The van der Waals surface area contributed by atoms with Crippen molar-refractivity contribution in [1.82, 2.24) is 0 Å². The van der Waals surface area contributed by atoms with E-state index in [2.05, 4.69) is 6.58 Å². The molecule has 0 amide bonds. The van der Waals surface area contributed by atoms with Crippen molar-refractivity contribution in [3.05, 3.63) is 77.9 Å². The van der Waals surface area contributed by atoms with Gasteiger partial charge in [-0.15, -0.1) is 0 Å². The Labute approximate surface area is 118 Å². The highest BCUT2D eigenvalue weighted by Crippen LogP contribution is 2.13. The van der Waals surface area contributed by atoms with Gasteiger partial charge in [-0.05, 0) is 23.3 Å². The van der Waals surface area contributed by atoms with E-state index in [1.807, 2.05) is 36.4 Å². The normalized spacial score (nSPS) is 12.7. The highest BCUT2D eigenvalue weighted by molar-refractivity contribution is 5.87. The van der Waals surface area contributed by atoms with Gasteiger partial charge in [0.05, 0.1) is 0 Å². The fourth-order valence-electron chi connectivity index (χ4n) is 1.62. The molecule has 104 valence electrons. The summed E-state index contributed by atoms with van der Waals surface area (Å²) in [5.41, 5.74) is 1.88. The number of allylic oxidation sites excluding steroid dienone is 5. The first-order chi connectivity index (χ1) is 9.67. The van der Waals surface area contributed by atoms with Gasteiger partial charge in [-0.2, -0.15) is 0 Å². The van der Waals surface area contributed by atoms with E-state index in [-0.39, 0.29) is 18.6 Å². The third-order valence-corrected chi connectivity index (χ3v) is 2.55. The molecule has 0 aliphatic carbocycles. The van der Waals surface area contributed by atoms with Crippen molar-refractivity contribution in [3.63, 3.8) is 0 Å². The zero-order chi connectivity index (χ0) is 14.8. The molecule has 0 saturated carbocycles. The summed E-state index contributed by atoms with van der Waals surface area (Å²) in [7, 11) is 0. The number of carboxylic acids is 1. The summed E-state index contributed by atoms with van der Waals surface area (Å²) in [5, 5.41) is 18.0. The molecule has 1 rings (SSSR count). The molecule has 0 radical (unpaired) electrons. The third-order valence-electron chi connectivity index (χ3n) is 2.55. The molecular formula is C17H18O3. The van der Waals surface area contributed by atoms with Gasteiger partial charge in [0.15, 0.2) is 0 Å². The van der Waals surface area contributed by atoms with Gasteiger partial charge in [-0.3, -0.25) is 0 Å². The maximum atomic E-state index is 11.1. The molecule has 0 bridgehead atoms. The third kappa shape index (κ3) is 5.50. The molecule has 0 aliphatic rings. The fourth-order valence-corrected chi connectivity index (χ4v) is 1.62. The summed E-state index contributed by atoms with van der Waals surface area (Å²) in [6, 6.07) is 9.61. The molecule has 3 nitrogen and oxygen atoms in total. The molecule has 2 N–H and O–H groups in total. The van der Waals surface area contributed by atoms with Crippen LogP contribution in [0.2, 0.25) is 0 Å². The van der Waals surface area contributed by atoms with Crippen molar-refractivity contribution in [3.8, 4) is 0 Å². The molecule has 0 fully saturated rings. The van der Waals surface area contributed by atoms with E-state index in [9.17, 15) is 4.79 Å². The van der Waals surface area contributed by atoms with E-state index in [4.69, 9.17) is 10.2 Å². The largest absolute Gasteiger partial charge is 0.478 e. The Morgan fingerprint density at radius 2 is 1.95 bits per heavy atom. The van der Waals surface area contributed by atoms with Crippen LogP contribution in [0, 0.1) is 0 Å². The first-order valence-corrected chi connectivity index (χ1v) is 6.28. The molecule has 0 unspecified atom stereocenters. The lowest BCUT2D eigenvalue weighted by atomic mass is 10.1. The van der Waals surface area contributed by atoms with E-state index in [1.165, 1.54) is 0 Å². The number of benzene rings is 1. The second kappa shape index (κ2) is 8.67. The number of rotatable bonds is 7. The molecule has 0 aromatic heterocycles. The average molecular weight is 270 g/mol. The monoisotopic (exact) mass is 270 g/mol. The number of aliphatic hydroxyl groups excluding tert-OH is 1. The second-order valence-electron chi connectivity index (χ2n) is 4.10. The minimum atomic E-state index is -1.02. The lowest BCUT2D eigenvalue weighted by molar-refractivity contribution is -0.132. The summed E-state index contributed by atoms with van der Waals surface area (Å²) >= 11 is 0. The first kappa shape index (κ1) is 15.7. The molecule has 0 atom stereocenters. The van der Waals surface area contributed by atoms with Crippen LogP contribution in [-0.4, -0.2) is 22.8 Å². The van der Waals surface area contributed by atoms with Crippen LogP contribution in [0.4, 0.5) is 0 Å². The maximum Gasteiger partial charge on any atom is 0.331 e. The summed E-state index contributed by atoms with van der Waals surface area (Å²) in [6.45, 7) is 3.41. The van der Waals surface area contributed by atoms with Crippen LogP contribution >= 0.6 is 0 Å².